The Morgan fingerprint density at radius 1 is 1.33 bits per heavy atom. The fraction of sp³-hybridized carbons (Fsp3) is 0.375. The van der Waals surface area contributed by atoms with E-state index in [1.54, 1.807) is 23.6 Å². The summed E-state index contributed by atoms with van der Waals surface area (Å²) in [6, 6.07) is 8.29. The molecule has 4 nitrogen and oxygen atoms in total. The number of carbonyl (C=O) groups is 1. The predicted octanol–water partition coefficient (Wildman–Crippen LogP) is 3.34. The molecule has 2 aromatic rings. The Hall–Kier alpha value is -1.72. The largest absolute Gasteiger partial charge is 0.465 e. The van der Waals surface area contributed by atoms with Crippen molar-refractivity contribution in [3.05, 3.63) is 52.0 Å². The van der Waals surface area contributed by atoms with E-state index < -0.39 is 0 Å². The van der Waals surface area contributed by atoms with Gasteiger partial charge in [0.25, 0.3) is 0 Å². The van der Waals surface area contributed by atoms with Gasteiger partial charge in [0.15, 0.2) is 0 Å². The second-order valence-corrected chi connectivity index (χ2v) is 6.14. The SMILES string of the molecule is COC(=O)c1ccc(CN(Cc2cccs2)C(C)C)nc1. The number of esters is 1. The first-order valence-corrected chi connectivity index (χ1v) is 7.77. The summed E-state index contributed by atoms with van der Waals surface area (Å²) < 4.78 is 4.68. The third-order valence-corrected chi connectivity index (χ3v) is 4.14. The molecule has 0 aromatic carbocycles. The van der Waals surface area contributed by atoms with Crippen LogP contribution in [0.25, 0.3) is 0 Å². The lowest BCUT2D eigenvalue weighted by atomic mass is 10.2. The van der Waals surface area contributed by atoms with E-state index in [2.05, 4.69) is 46.0 Å². The number of hydrogen-bond donors (Lipinski definition) is 0. The van der Waals surface area contributed by atoms with Crippen LogP contribution < -0.4 is 0 Å². The molecule has 21 heavy (non-hydrogen) atoms. The van der Waals surface area contributed by atoms with Crippen LogP contribution in [0.3, 0.4) is 0 Å². The van der Waals surface area contributed by atoms with E-state index in [4.69, 9.17) is 0 Å². The zero-order valence-corrected chi connectivity index (χ0v) is 13.4. The topological polar surface area (TPSA) is 42.4 Å². The molecule has 0 atom stereocenters. The van der Waals surface area contributed by atoms with Crippen LogP contribution in [0.4, 0.5) is 0 Å². The molecule has 2 aromatic heterocycles. The summed E-state index contributed by atoms with van der Waals surface area (Å²) in [7, 11) is 1.37. The summed E-state index contributed by atoms with van der Waals surface area (Å²) in [6.07, 6.45) is 1.57. The number of carbonyl (C=O) groups excluding carboxylic acids is 1. The summed E-state index contributed by atoms with van der Waals surface area (Å²) >= 11 is 1.77. The van der Waals surface area contributed by atoms with E-state index in [1.165, 1.54) is 12.0 Å². The van der Waals surface area contributed by atoms with Crippen molar-refractivity contribution < 1.29 is 9.53 Å². The first-order chi connectivity index (χ1) is 10.1. The third-order valence-electron chi connectivity index (χ3n) is 3.28. The molecule has 112 valence electrons. The molecule has 0 aliphatic rings. The Labute approximate surface area is 129 Å². The first kappa shape index (κ1) is 15.7. The quantitative estimate of drug-likeness (QED) is 0.768. The molecule has 0 aliphatic carbocycles. The van der Waals surface area contributed by atoms with Crippen LogP contribution in [0.2, 0.25) is 0 Å². The van der Waals surface area contributed by atoms with Crippen molar-refractivity contribution in [3.8, 4) is 0 Å². The summed E-state index contributed by atoms with van der Waals surface area (Å²) in [6.45, 7) is 6.03. The fourth-order valence-corrected chi connectivity index (χ4v) is 2.72. The van der Waals surface area contributed by atoms with Crippen molar-refractivity contribution >= 4 is 17.3 Å². The van der Waals surface area contributed by atoms with Crippen LogP contribution in [0.1, 0.15) is 34.8 Å². The van der Waals surface area contributed by atoms with Crippen molar-refractivity contribution in [1.82, 2.24) is 9.88 Å². The van der Waals surface area contributed by atoms with Crippen LogP contribution in [-0.2, 0) is 17.8 Å². The number of methoxy groups -OCH3 is 1. The van der Waals surface area contributed by atoms with Gasteiger partial charge in [0.05, 0.1) is 18.4 Å². The maximum Gasteiger partial charge on any atom is 0.339 e. The van der Waals surface area contributed by atoms with E-state index in [-0.39, 0.29) is 5.97 Å². The molecule has 2 rings (SSSR count). The smallest absolute Gasteiger partial charge is 0.339 e. The molecule has 5 heteroatoms. The monoisotopic (exact) mass is 304 g/mol. The maximum atomic E-state index is 11.4. The maximum absolute atomic E-state index is 11.4. The fourth-order valence-electron chi connectivity index (χ4n) is 1.99. The van der Waals surface area contributed by atoms with Crippen molar-refractivity contribution in [3.63, 3.8) is 0 Å². The van der Waals surface area contributed by atoms with E-state index in [0.717, 1.165) is 18.8 Å². The average molecular weight is 304 g/mol. The molecule has 0 N–H and O–H groups in total. The molecular formula is C16H20N2O2S. The van der Waals surface area contributed by atoms with Gasteiger partial charge in [-0.25, -0.2) is 4.79 Å². The number of hydrogen-bond acceptors (Lipinski definition) is 5. The number of thiophene rings is 1. The van der Waals surface area contributed by atoms with Gasteiger partial charge in [0, 0.05) is 30.2 Å². The summed E-state index contributed by atoms with van der Waals surface area (Å²) in [5.41, 5.74) is 1.43. The molecule has 0 aliphatic heterocycles. The van der Waals surface area contributed by atoms with Crippen LogP contribution in [-0.4, -0.2) is 29.0 Å². The molecule has 2 heterocycles. The molecule has 0 bridgehead atoms. The molecule has 0 saturated carbocycles. The van der Waals surface area contributed by atoms with Gasteiger partial charge >= 0.3 is 5.97 Å². The van der Waals surface area contributed by atoms with Gasteiger partial charge in [0.1, 0.15) is 0 Å². The first-order valence-electron chi connectivity index (χ1n) is 6.90. The van der Waals surface area contributed by atoms with Gasteiger partial charge in [-0.05, 0) is 37.4 Å². The van der Waals surface area contributed by atoms with Gasteiger partial charge < -0.3 is 4.74 Å². The van der Waals surface area contributed by atoms with Crippen molar-refractivity contribution in [2.45, 2.75) is 33.0 Å². The number of rotatable bonds is 6. The zero-order valence-electron chi connectivity index (χ0n) is 12.6. The minimum Gasteiger partial charge on any atom is -0.465 e. The molecule has 0 radical (unpaired) electrons. The minimum atomic E-state index is -0.353. The summed E-state index contributed by atoms with van der Waals surface area (Å²) in [5, 5.41) is 2.09. The second-order valence-electron chi connectivity index (χ2n) is 5.11. The predicted molar refractivity (Wildman–Crippen MR) is 84.3 cm³/mol. The van der Waals surface area contributed by atoms with Gasteiger partial charge in [0.2, 0.25) is 0 Å². The highest BCUT2D eigenvalue weighted by Gasteiger charge is 2.13. The Bertz CT molecular complexity index is 564. The zero-order chi connectivity index (χ0) is 15.2. The number of nitrogens with zero attached hydrogens (tertiary/aromatic N) is 2. The third kappa shape index (κ3) is 4.37. The number of aromatic nitrogens is 1. The highest BCUT2D eigenvalue weighted by molar-refractivity contribution is 7.09. The van der Waals surface area contributed by atoms with Gasteiger partial charge in [-0.15, -0.1) is 11.3 Å². The number of pyridine rings is 1. The summed E-state index contributed by atoms with van der Waals surface area (Å²) in [5.74, 6) is -0.353. The lowest BCUT2D eigenvalue weighted by Gasteiger charge is -2.25. The molecule has 0 fully saturated rings. The lowest BCUT2D eigenvalue weighted by molar-refractivity contribution is 0.0600. The molecule has 0 unspecified atom stereocenters. The standard InChI is InChI=1S/C16H20N2O2S/c1-12(2)18(11-15-5-4-8-21-15)10-14-7-6-13(9-17-14)16(19)20-3/h4-9,12H,10-11H2,1-3H3. The van der Waals surface area contributed by atoms with Gasteiger partial charge in [-0.3, -0.25) is 9.88 Å². The molecular weight excluding hydrogens is 284 g/mol. The van der Waals surface area contributed by atoms with E-state index in [1.807, 2.05) is 6.07 Å². The van der Waals surface area contributed by atoms with Gasteiger partial charge in [-0.2, -0.15) is 0 Å². The Kier molecular flexibility index (Phi) is 5.47. The molecule has 0 amide bonds. The van der Waals surface area contributed by atoms with Crippen LogP contribution in [0, 0.1) is 0 Å². The normalized spacial score (nSPS) is 11.1. The van der Waals surface area contributed by atoms with E-state index >= 15 is 0 Å². The second kappa shape index (κ2) is 7.33. The molecule has 0 spiro atoms. The van der Waals surface area contributed by atoms with Crippen LogP contribution in [0.15, 0.2) is 35.8 Å². The highest BCUT2D eigenvalue weighted by atomic mass is 32.1. The minimum absolute atomic E-state index is 0.353. The Morgan fingerprint density at radius 2 is 2.14 bits per heavy atom. The Balaban J connectivity index is 2.04. The lowest BCUT2D eigenvalue weighted by Crippen LogP contribution is -2.29. The number of ether oxygens (including phenoxy) is 1. The highest BCUT2D eigenvalue weighted by Crippen LogP contribution is 2.16. The average Bonchev–Trinajstić information content (AvgIpc) is 2.99. The summed E-state index contributed by atoms with van der Waals surface area (Å²) in [4.78, 5) is 19.5. The molecule has 0 saturated heterocycles. The van der Waals surface area contributed by atoms with E-state index in [0.29, 0.717) is 11.6 Å². The van der Waals surface area contributed by atoms with Crippen LogP contribution >= 0.6 is 11.3 Å². The van der Waals surface area contributed by atoms with Crippen molar-refractivity contribution in [2.75, 3.05) is 7.11 Å². The van der Waals surface area contributed by atoms with Crippen molar-refractivity contribution in [1.29, 1.82) is 0 Å². The van der Waals surface area contributed by atoms with E-state index in [9.17, 15) is 4.79 Å². The Morgan fingerprint density at radius 3 is 2.67 bits per heavy atom. The van der Waals surface area contributed by atoms with Crippen LogP contribution in [0.5, 0.6) is 0 Å². The van der Waals surface area contributed by atoms with Gasteiger partial charge in [-0.1, -0.05) is 6.07 Å². The van der Waals surface area contributed by atoms with Crippen molar-refractivity contribution in [2.24, 2.45) is 0 Å².